The Hall–Kier alpha value is -2.93. The fourth-order valence-corrected chi connectivity index (χ4v) is 2.49. The summed E-state index contributed by atoms with van der Waals surface area (Å²) in [6.07, 6.45) is 5.78. The highest BCUT2D eigenvalue weighted by Gasteiger charge is 2.15. The fraction of sp³-hybridized carbons (Fsp3) is 0.333. The molecule has 1 aliphatic heterocycles. The highest BCUT2D eigenvalue weighted by molar-refractivity contribution is 5.98. The zero-order chi connectivity index (χ0) is 20.4. The van der Waals surface area contributed by atoms with E-state index in [0.717, 1.165) is 5.71 Å². The fourth-order valence-electron chi connectivity index (χ4n) is 2.49. The van der Waals surface area contributed by atoms with Crippen molar-refractivity contribution in [1.29, 1.82) is 0 Å². The number of rotatable bonds is 7. The maximum absolute atomic E-state index is 14.4. The number of carbonyl (C=O) groups is 1. The number of hydrogen-bond donors (Lipinski definition) is 0. The molecule has 0 radical (unpaired) electrons. The minimum Gasteiger partial charge on any atom is -0.378 e. The van der Waals surface area contributed by atoms with E-state index < -0.39 is 0 Å². The first-order valence-electron chi connectivity index (χ1n) is 9.02. The van der Waals surface area contributed by atoms with Gasteiger partial charge in [0.25, 0.3) is 0 Å². The second kappa shape index (κ2) is 11.0. The lowest BCUT2D eigenvalue weighted by atomic mass is 10.2. The first kappa shape index (κ1) is 21.4. The second-order valence-electron chi connectivity index (χ2n) is 6.27. The van der Waals surface area contributed by atoms with Crippen molar-refractivity contribution in [3.63, 3.8) is 0 Å². The number of amidine groups is 1. The zero-order valence-corrected chi connectivity index (χ0v) is 16.3. The van der Waals surface area contributed by atoms with E-state index in [9.17, 15) is 9.18 Å². The van der Waals surface area contributed by atoms with Crippen LogP contribution in [0.25, 0.3) is 0 Å². The molecule has 1 aromatic rings. The molecule has 0 spiro atoms. The summed E-state index contributed by atoms with van der Waals surface area (Å²) in [5.74, 6) is 0.204. The van der Waals surface area contributed by atoms with Gasteiger partial charge in [-0.05, 0) is 38.1 Å². The molecule has 1 aromatic carbocycles. The van der Waals surface area contributed by atoms with E-state index in [-0.39, 0.29) is 12.4 Å². The number of morpholine rings is 1. The van der Waals surface area contributed by atoms with Crippen molar-refractivity contribution in [2.45, 2.75) is 13.8 Å². The Morgan fingerprint density at radius 2 is 2.07 bits per heavy atom. The molecular weight excluding hydrogens is 359 g/mol. The number of hydrogen-bond acceptors (Lipinski definition) is 5. The minimum atomic E-state index is -0.302. The molecule has 0 aliphatic carbocycles. The molecule has 1 heterocycles. The monoisotopic (exact) mass is 384 g/mol. The molecule has 6 nitrogen and oxygen atoms in total. The lowest BCUT2D eigenvalue weighted by Crippen LogP contribution is -2.36. The van der Waals surface area contributed by atoms with E-state index >= 15 is 0 Å². The van der Waals surface area contributed by atoms with Crippen molar-refractivity contribution < 1.29 is 13.9 Å². The van der Waals surface area contributed by atoms with Gasteiger partial charge in [0, 0.05) is 36.7 Å². The van der Waals surface area contributed by atoms with E-state index in [0.29, 0.717) is 55.4 Å². The van der Waals surface area contributed by atoms with Gasteiger partial charge in [-0.25, -0.2) is 14.4 Å². The van der Waals surface area contributed by atoms with Gasteiger partial charge in [0.2, 0.25) is 0 Å². The summed E-state index contributed by atoms with van der Waals surface area (Å²) in [6.45, 7) is 9.99. The van der Waals surface area contributed by atoms with Crippen molar-refractivity contribution >= 4 is 35.4 Å². The van der Waals surface area contributed by atoms with Crippen LogP contribution in [-0.2, 0) is 9.53 Å². The molecule has 0 aromatic heterocycles. The molecule has 2 rings (SSSR count). The first-order chi connectivity index (χ1) is 13.5. The van der Waals surface area contributed by atoms with E-state index in [2.05, 4.69) is 21.6 Å². The Morgan fingerprint density at radius 3 is 2.75 bits per heavy atom. The molecule has 28 heavy (non-hydrogen) atoms. The second-order valence-corrected chi connectivity index (χ2v) is 6.27. The van der Waals surface area contributed by atoms with Crippen LogP contribution in [0.1, 0.15) is 13.8 Å². The van der Waals surface area contributed by atoms with Gasteiger partial charge in [-0.1, -0.05) is 6.58 Å². The van der Waals surface area contributed by atoms with Gasteiger partial charge in [-0.2, -0.15) is 0 Å². The van der Waals surface area contributed by atoms with Crippen LogP contribution >= 0.6 is 0 Å². The van der Waals surface area contributed by atoms with Crippen LogP contribution < -0.4 is 4.90 Å². The molecule has 7 heteroatoms. The molecule has 0 saturated carbocycles. The Balaban J connectivity index is 1.96. The van der Waals surface area contributed by atoms with E-state index in [1.807, 2.05) is 11.8 Å². The molecular formula is C21H25FN4O2. The van der Waals surface area contributed by atoms with Crippen LogP contribution in [-0.4, -0.2) is 56.9 Å². The summed E-state index contributed by atoms with van der Waals surface area (Å²) in [6, 6.07) is 4.93. The van der Waals surface area contributed by atoms with Crippen molar-refractivity contribution in [3.05, 3.63) is 48.3 Å². The Labute approximate surface area is 164 Å². The van der Waals surface area contributed by atoms with Crippen molar-refractivity contribution in [2.24, 2.45) is 15.0 Å². The van der Waals surface area contributed by atoms with Gasteiger partial charge in [-0.15, -0.1) is 0 Å². The molecule has 1 aliphatic rings. The summed E-state index contributed by atoms with van der Waals surface area (Å²) in [7, 11) is 0. The molecule has 148 valence electrons. The number of carbonyl (C=O) groups excluding carboxylic acids is 1. The summed E-state index contributed by atoms with van der Waals surface area (Å²) in [5, 5.41) is 0. The van der Waals surface area contributed by atoms with Crippen LogP contribution in [0.3, 0.4) is 0 Å². The molecule has 0 N–H and O–H groups in total. The number of aldehydes is 1. The van der Waals surface area contributed by atoms with Gasteiger partial charge in [0.1, 0.15) is 17.9 Å². The summed E-state index contributed by atoms with van der Waals surface area (Å²) in [5.41, 5.74) is 2.26. The number of nitrogens with zero attached hydrogens (tertiary/aromatic N) is 4. The highest BCUT2D eigenvalue weighted by Crippen LogP contribution is 2.25. The lowest BCUT2D eigenvalue weighted by molar-refractivity contribution is -0.104. The Morgan fingerprint density at radius 1 is 1.32 bits per heavy atom. The molecule has 0 amide bonds. The lowest BCUT2D eigenvalue weighted by Gasteiger charge is -2.29. The number of anilines is 1. The van der Waals surface area contributed by atoms with Crippen molar-refractivity contribution in [1.82, 2.24) is 0 Å². The highest BCUT2D eigenvalue weighted by atomic mass is 19.1. The smallest absolute Gasteiger partial charge is 0.148 e. The van der Waals surface area contributed by atoms with Gasteiger partial charge in [0.15, 0.2) is 0 Å². The Kier molecular flexibility index (Phi) is 8.42. The van der Waals surface area contributed by atoms with E-state index in [1.165, 1.54) is 6.07 Å². The number of halogens is 1. The normalized spacial score (nSPS) is 16.2. The Bertz CT molecular complexity index is 822. The SMILES string of the molecule is C=C(C=O)CN=C(C)/C=C/C=NC(C)=Nc1ccc(N2CCOCC2)c(F)c1. The first-order valence-corrected chi connectivity index (χ1v) is 9.02. The van der Waals surface area contributed by atoms with Crippen LogP contribution in [0.4, 0.5) is 15.8 Å². The molecule has 1 saturated heterocycles. The third-order valence-electron chi connectivity index (χ3n) is 3.96. The third kappa shape index (κ3) is 7.00. The largest absolute Gasteiger partial charge is 0.378 e. The summed E-state index contributed by atoms with van der Waals surface area (Å²) < 4.78 is 19.7. The minimum absolute atomic E-state index is 0.281. The number of ether oxygens (including phenoxy) is 1. The molecule has 0 unspecified atom stereocenters. The van der Waals surface area contributed by atoms with Crippen LogP contribution in [0.5, 0.6) is 0 Å². The van der Waals surface area contributed by atoms with Crippen molar-refractivity contribution in [2.75, 3.05) is 37.7 Å². The zero-order valence-electron chi connectivity index (χ0n) is 16.3. The molecule has 0 atom stereocenters. The van der Waals surface area contributed by atoms with E-state index in [4.69, 9.17) is 4.74 Å². The topological polar surface area (TPSA) is 66.6 Å². The summed E-state index contributed by atoms with van der Waals surface area (Å²) in [4.78, 5) is 25.1. The number of allylic oxidation sites excluding steroid dienone is 2. The number of benzene rings is 1. The average Bonchev–Trinajstić information content (AvgIpc) is 2.70. The van der Waals surface area contributed by atoms with Crippen molar-refractivity contribution in [3.8, 4) is 0 Å². The maximum Gasteiger partial charge on any atom is 0.148 e. The van der Waals surface area contributed by atoms with Gasteiger partial charge < -0.3 is 9.64 Å². The van der Waals surface area contributed by atoms with Gasteiger partial charge >= 0.3 is 0 Å². The predicted molar refractivity (Wildman–Crippen MR) is 113 cm³/mol. The number of aliphatic imine (C=N–C) groups is 3. The van der Waals surface area contributed by atoms with Gasteiger partial charge in [0.05, 0.1) is 31.1 Å². The quantitative estimate of drug-likeness (QED) is 0.312. The maximum atomic E-state index is 14.4. The average molecular weight is 384 g/mol. The predicted octanol–water partition coefficient (Wildman–Crippen LogP) is 3.56. The molecule has 0 bridgehead atoms. The standard InChI is InChI=1S/C21H25FN4O2/c1-16(15-27)14-24-17(2)5-4-8-23-18(3)25-19-6-7-21(20(22)13-19)26-9-11-28-12-10-26/h4-8,13,15H,1,9-12,14H2,2-3H3/b5-4+,23-8?,24-17?,25-18?. The molecule has 1 fully saturated rings. The van der Waals surface area contributed by atoms with Crippen LogP contribution in [0.15, 0.2) is 57.5 Å². The van der Waals surface area contributed by atoms with Crippen LogP contribution in [0.2, 0.25) is 0 Å². The summed E-state index contributed by atoms with van der Waals surface area (Å²) >= 11 is 0. The van der Waals surface area contributed by atoms with Crippen LogP contribution in [0, 0.1) is 5.82 Å². The van der Waals surface area contributed by atoms with E-state index in [1.54, 1.807) is 37.4 Å². The third-order valence-corrected chi connectivity index (χ3v) is 3.96. The van der Waals surface area contributed by atoms with Gasteiger partial charge in [-0.3, -0.25) is 9.79 Å².